The summed E-state index contributed by atoms with van der Waals surface area (Å²) >= 11 is 0. The molecule has 1 heterocycles. The lowest BCUT2D eigenvalue weighted by Gasteiger charge is -2.38. The quantitative estimate of drug-likeness (QED) is 0.195. The van der Waals surface area contributed by atoms with Crippen LogP contribution in [0.15, 0.2) is 12.2 Å². The summed E-state index contributed by atoms with van der Waals surface area (Å²) < 4.78 is 22.7. The third kappa shape index (κ3) is 4.41. The van der Waals surface area contributed by atoms with E-state index in [9.17, 15) is 14.4 Å². The van der Waals surface area contributed by atoms with Crippen LogP contribution >= 0.6 is 0 Å². The van der Waals surface area contributed by atoms with Crippen LogP contribution in [0.25, 0.3) is 0 Å². The Hall–Kier alpha value is -1.89. The van der Waals surface area contributed by atoms with Crippen LogP contribution < -0.4 is 0 Å². The predicted octanol–water partition coefficient (Wildman–Crippen LogP) is 3.20. The van der Waals surface area contributed by atoms with Gasteiger partial charge in [-0.05, 0) is 50.9 Å². The van der Waals surface area contributed by atoms with Gasteiger partial charge in [-0.3, -0.25) is 9.59 Å². The molecule has 30 heavy (non-hydrogen) atoms. The van der Waals surface area contributed by atoms with Crippen LogP contribution in [0.4, 0.5) is 0 Å². The van der Waals surface area contributed by atoms with E-state index < -0.39 is 41.6 Å². The molecular formula is C23H34O7. The fourth-order valence-corrected chi connectivity index (χ4v) is 5.12. The molecule has 7 heteroatoms. The predicted molar refractivity (Wildman–Crippen MR) is 108 cm³/mol. The molecule has 0 amide bonds. The highest BCUT2D eigenvalue weighted by atomic mass is 16.6. The van der Waals surface area contributed by atoms with Crippen molar-refractivity contribution in [2.24, 2.45) is 23.7 Å². The third-order valence-electron chi connectivity index (χ3n) is 6.92. The zero-order valence-electron chi connectivity index (χ0n) is 18.5. The number of carbonyl (C=O) groups is 3. The van der Waals surface area contributed by atoms with Gasteiger partial charge in [0.1, 0.15) is 18.3 Å². The first-order chi connectivity index (χ1) is 14.2. The monoisotopic (exact) mass is 422 g/mol. The molecule has 2 aliphatic carbocycles. The molecule has 3 aliphatic rings. The Morgan fingerprint density at radius 2 is 1.90 bits per heavy atom. The molecule has 0 radical (unpaired) electrons. The van der Waals surface area contributed by atoms with Crippen molar-refractivity contribution in [3.05, 3.63) is 12.2 Å². The fourth-order valence-electron chi connectivity index (χ4n) is 5.12. The van der Waals surface area contributed by atoms with Crippen LogP contribution in [-0.4, -0.2) is 48.9 Å². The maximum Gasteiger partial charge on any atom is 0.333 e. The number of carbonyl (C=O) groups excluding carboxylic acids is 3. The van der Waals surface area contributed by atoms with Gasteiger partial charge in [-0.15, -0.1) is 0 Å². The summed E-state index contributed by atoms with van der Waals surface area (Å²) in [5, 5.41) is 0. The summed E-state index contributed by atoms with van der Waals surface area (Å²) in [6.45, 7) is 11.5. The molecule has 1 aliphatic heterocycles. The average molecular weight is 423 g/mol. The first-order valence-corrected chi connectivity index (χ1v) is 11.0. The highest BCUT2D eigenvalue weighted by molar-refractivity contribution is 5.96. The minimum atomic E-state index is -0.967. The number of esters is 3. The minimum absolute atomic E-state index is 0.0789. The van der Waals surface area contributed by atoms with Crippen molar-refractivity contribution in [2.45, 2.75) is 77.6 Å². The van der Waals surface area contributed by atoms with E-state index in [4.69, 9.17) is 18.9 Å². The topological polar surface area (TPSA) is 88.1 Å². The highest BCUT2D eigenvalue weighted by Crippen LogP contribution is 2.47. The molecule has 168 valence electrons. The summed E-state index contributed by atoms with van der Waals surface area (Å²) in [6.07, 6.45) is 3.56. The van der Waals surface area contributed by atoms with Gasteiger partial charge in [-0.25, -0.2) is 4.79 Å². The molecule has 2 bridgehead atoms. The summed E-state index contributed by atoms with van der Waals surface area (Å²) in [5.41, 5.74) is -0.171. The molecule has 0 aromatic carbocycles. The number of hydrogen-bond donors (Lipinski definition) is 0. The maximum absolute atomic E-state index is 13.2. The van der Waals surface area contributed by atoms with Gasteiger partial charge in [0, 0.05) is 11.5 Å². The largest absolute Gasteiger partial charge is 0.460 e. The first-order valence-electron chi connectivity index (χ1n) is 11.0. The molecular weight excluding hydrogens is 388 g/mol. The van der Waals surface area contributed by atoms with E-state index in [0.29, 0.717) is 12.0 Å². The van der Waals surface area contributed by atoms with Gasteiger partial charge < -0.3 is 18.9 Å². The van der Waals surface area contributed by atoms with Crippen LogP contribution in [0, 0.1) is 23.7 Å². The summed E-state index contributed by atoms with van der Waals surface area (Å²) in [4.78, 5) is 37.3. The second-order valence-electron chi connectivity index (χ2n) is 9.36. The number of fused-ring (bicyclic) bond motifs is 2. The van der Waals surface area contributed by atoms with Gasteiger partial charge in [0.05, 0.1) is 12.7 Å². The molecule has 5 atom stereocenters. The number of ether oxygens (including phenoxy) is 4. The molecule has 0 aromatic rings. The minimum Gasteiger partial charge on any atom is -0.460 e. The van der Waals surface area contributed by atoms with Crippen molar-refractivity contribution in [3.8, 4) is 0 Å². The highest BCUT2D eigenvalue weighted by Gasteiger charge is 2.58. The van der Waals surface area contributed by atoms with E-state index in [1.165, 1.54) is 0 Å². The average Bonchev–Trinajstić information content (AvgIpc) is 3.22. The van der Waals surface area contributed by atoms with Crippen molar-refractivity contribution < 1.29 is 33.3 Å². The third-order valence-corrected chi connectivity index (χ3v) is 6.92. The molecule has 3 rings (SSSR count). The van der Waals surface area contributed by atoms with Gasteiger partial charge >= 0.3 is 17.9 Å². The second kappa shape index (κ2) is 9.08. The van der Waals surface area contributed by atoms with Gasteiger partial charge in [-0.2, -0.15) is 0 Å². The Kier molecular flexibility index (Phi) is 6.90. The molecule has 5 unspecified atom stereocenters. The Morgan fingerprint density at radius 3 is 2.50 bits per heavy atom. The van der Waals surface area contributed by atoms with Crippen LogP contribution in [0.3, 0.4) is 0 Å². The van der Waals surface area contributed by atoms with E-state index in [1.54, 1.807) is 6.92 Å². The Labute approximate surface area is 178 Å². The van der Waals surface area contributed by atoms with Gasteiger partial charge in [0.15, 0.2) is 5.92 Å². The van der Waals surface area contributed by atoms with E-state index in [-0.39, 0.29) is 31.0 Å². The van der Waals surface area contributed by atoms with Crippen LogP contribution in [-0.2, 0) is 33.3 Å². The zero-order chi connectivity index (χ0) is 22.1. The lowest BCUT2D eigenvalue weighted by molar-refractivity contribution is -0.196. The van der Waals surface area contributed by atoms with E-state index >= 15 is 0 Å². The summed E-state index contributed by atoms with van der Waals surface area (Å²) in [6, 6.07) is 0. The van der Waals surface area contributed by atoms with Gasteiger partial charge in [0.25, 0.3) is 0 Å². The zero-order valence-corrected chi connectivity index (χ0v) is 18.5. The normalized spacial score (nSPS) is 32.0. The van der Waals surface area contributed by atoms with Crippen molar-refractivity contribution in [1.82, 2.24) is 0 Å². The maximum atomic E-state index is 13.2. The van der Waals surface area contributed by atoms with E-state index in [1.807, 2.05) is 6.92 Å². The molecule has 0 aromatic heterocycles. The molecule has 3 fully saturated rings. The SMILES string of the molecule is C=C(C)C(=O)OCCOC1C2CC(C)C1OC(=O)C2C(=O)OC1(C(C)C)CCCC1. The van der Waals surface area contributed by atoms with Crippen molar-refractivity contribution in [2.75, 3.05) is 13.2 Å². The lowest BCUT2D eigenvalue weighted by atomic mass is 9.85. The molecule has 0 spiro atoms. The van der Waals surface area contributed by atoms with Gasteiger partial charge in [-0.1, -0.05) is 27.4 Å². The van der Waals surface area contributed by atoms with Crippen molar-refractivity contribution >= 4 is 17.9 Å². The summed E-state index contributed by atoms with van der Waals surface area (Å²) in [7, 11) is 0. The standard InChI is InChI=1S/C23H34O7/c1-13(2)20(24)28-11-10-27-19-16-12-15(5)18(19)29-21(25)17(16)22(26)30-23(14(3)4)8-6-7-9-23/h14-19H,1,6-12H2,2-5H3. The molecule has 7 nitrogen and oxygen atoms in total. The van der Waals surface area contributed by atoms with Gasteiger partial charge in [0.2, 0.25) is 0 Å². The Balaban J connectivity index is 1.66. The second-order valence-corrected chi connectivity index (χ2v) is 9.36. The summed E-state index contributed by atoms with van der Waals surface area (Å²) in [5.74, 6) is -2.45. The van der Waals surface area contributed by atoms with E-state index in [2.05, 4.69) is 20.4 Å². The molecule has 1 saturated heterocycles. The van der Waals surface area contributed by atoms with E-state index in [0.717, 1.165) is 25.7 Å². The van der Waals surface area contributed by atoms with Crippen LogP contribution in [0.2, 0.25) is 0 Å². The number of rotatable bonds is 8. The fraction of sp³-hybridized carbons (Fsp3) is 0.783. The Bertz CT molecular complexity index is 692. The van der Waals surface area contributed by atoms with Crippen LogP contribution in [0.1, 0.15) is 59.8 Å². The lowest BCUT2D eigenvalue weighted by Crippen LogP contribution is -2.51. The van der Waals surface area contributed by atoms with Crippen LogP contribution in [0.5, 0.6) is 0 Å². The first kappa shape index (κ1) is 22.8. The number of hydrogen-bond acceptors (Lipinski definition) is 7. The Morgan fingerprint density at radius 1 is 1.23 bits per heavy atom. The smallest absolute Gasteiger partial charge is 0.333 e. The van der Waals surface area contributed by atoms with Crippen molar-refractivity contribution in [3.63, 3.8) is 0 Å². The molecule has 0 N–H and O–H groups in total. The van der Waals surface area contributed by atoms with Crippen molar-refractivity contribution in [1.29, 1.82) is 0 Å². The molecule has 2 saturated carbocycles.